The maximum absolute atomic E-state index is 8.52. The highest BCUT2D eigenvalue weighted by atomic mass is 16.3. The van der Waals surface area contributed by atoms with Crippen LogP contribution < -0.4 is 0 Å². The maximum atomic E-state index is 8.52. The van der Waals surface area contributed by atoms with Gasteiger partial charge in [-0.2, -0.15) is 5.26 Å². The van der Waals surface area contributed by atoms with Crippen molar-refractivity contribution in [3.05, 3.63) is 0 Å². The van der Waals surface area contributed by atoms with Gasteiger partial charge in [0.15, 0.2) is 0 Å². The molecule has 0 aliphatic heterocycles. The summed E-state index contributed by atoms with van der Waals surface area (Å²) in [5.74, 6) is 0.833. The van der Waals surface area contributed by atoms with Gasteiger partial charge in [0, 0.05) is 5.41 Å². The molecule has 0 spiro atoms. The van der Waals surface area contributed by atoms with E-state index in [1.807, 2.05) is 46.8 Å². The van der Waals surface area contributed by atoms with Gasteiger partial charge in [0.1, 0.15) is 0 Å². The molecule has 24 heavy (non-hydrogen) atoms. The summed E-state index contributed by atoms with van der Waals surface area (Å²) >= 11 is 0. The van der Waals surface area contributed by atoms with Crippen molar-refractivity contribution in [3.63, 3.8) is 0 Å². The Morgan fingerprint density at radius 3 is 0.792 bits per heavy atom. The van der Waals surface area contributed by atoms with E-state index in [0.29, 0.717) is 5.41 Å². The second-order valence-electron chi connectivity index (χ2n) is 10.6. The Balaban J connectivity index is -0.0000000633. The zero-order valence-corrected chi connectivity index (χ0v) is 19.9. The third kappa shape index (κ3) is 1540. The van der Waals surface area contributed by atoms with Crippen molar-refractivity contribution in [2.45, 2.75) is 95.6 Å². The normalized spacial score (nSPS) is 10.6. The van der Waals surface area contributed by atoms with Crippen LogP contribution >= 0.6 is 0 Å². The molecule has 0 atom stereocenters. The Morgan fingerprint density at radius 1 is 0.750 bits per heavy atom. The molecule has 0 aromatic carbocycles. The van der Waals surface area contributed by atoms with Crippen molar-refractivity contribution in [3.8, 4) is 6.07 Å². The van der Waals surface area contributed by atoms with Crippen LogP contribution in [0, 0.1) is 28.1 Å². The molecule has 0 aliphatic carbocycles. The Bertz CT molecular complexity index is 233. The van der Waals surface area contributed by atoms with Crippen LogP contribution in [0.1, 0.15) is 90.0 Å². The first-order valence-corrected chi connectivity index (χ1v) is 8.77. The fourth-order valence-corrected chi connectivity index (χ4v) is 0. The highest BCUT2D eigenvalue weighted by Crippen LogP contribution is 2.08. The minimum Gasteiger partial charge on any atom is -0.391 e. The largest absolute Gasteiger partial charge is 0.391 e. The molecule has 0 amide bonds. The van der Waals surface area contributed by atoms with E-state index in [2.05, 4.69) is 54.5 Å². The summed E-state index contributed by atoms with van der Waals surface area (Å²) in [6.45, 7) is 26.1. The molecule has 0 fully saturated rings. The monoisotopic (exact) mass is 346 g/mol. The fraction of sp³-hybridized carbons (Fsp3) is 0.952. The van der Waals surface area contributed by atoms with Gasteiger partial charge in [-0.15, -0.1) is 0 Å². The number of hydrogen-bond acceptors (Lipinski definition) is 3. The third-order valence-corrected chi connectivity index (χ3v) is 0.335. The summed E-state index contributed by atoms with van der Waals surface area (Å²) in [7, 11) is 6.00. The van der Waals surface area contributed by atoms with Crippen LogP contribution in [0.2, 0.25) is 0 Å². The van der Waals surface area contributed by atoms with Crippen molar-refractivity contribution >= 4 is 0 Å². The smallest absolute Gasteiger partial charge is 0.0680 e. The van der Waals surface area contributed by atoms with Crippen molar-refractivity contribution in [1.29, 1.82) is 5.26 Å². The summed E-state index contributed by atoms with van der Waals surface area (Å²) < 4.78 is 0. The zero-order valence-electron chi connectivity index (χ0n) is 19.9. The summed E-state index contributed by atoms with van der Waals surface area (Å²) in [6.07, 6.45) is 0. The molecule has 0 aromatic rings. The van der Waals surface area contributed by atoms with Crippen LogP contribution in [-0.2, 0) is 0 Å². The van der Waals surface area contributed by atoms with Crippen LogP contribution in [-0.4, -0.2) is 36.8 Å². The lowest BCUT2D eigenvalue weighted by atomic mass is 10.0. The predicted octanol–water partition coefficient (Wildman–Crippen LogP) is 6.23. The molecule has 3 heteroatoms. The van der Waals surface area contributed by atoms with E-state index in [1.54, 1.807) is 20.8 Å². The molecule has 1 N–H and O–H groups in total. The van der Waals surface area contributed by atoms with Gasteiger partial charge in [0.05, 0.1) is 11.7 Å². The van der Waals surface area contributed by atoms with E-state index in [-0.39, 0.29) is 5.41 Å². The van der Waals surface area contributed by atoms with Crippen LogP contribution in [0.25, 0.3) is 0 Å². The van der Waals surface area contributed by atoms with E-state index >= 15 is 0 Å². The molecule has 0 rings (SSSR count). The minimum absolute atomic E-state index is 0.153. The molecule has 0 unspecified atom stereocenters. The van der Waals surface area contributed by atoms with Gasteiger partial charge in [-0.1, -0.05) is 48.5 Å². The number of nitriles is 1. The zero-order chi connectivity index (χ0) is 21.4. The molecular formula is C21H50N2O. The fourth-order valence-electron chi connectivity index (χ4n) is 0. The SMILES string of the molecule is CC(C)(C)C.CC(C)(C)C#N.CC(C)(C)O.CC(C)C.CN(C)C. The average molecular weight is 347 g/mol. The van der Waals surface area contributed by atoms with Gasteiger partial charge in [-0.25, -0.2) is 0 Å². The van der Waals surface area contributed by atoms with E-state index < -0.39 is 5.60 Å². The van der Waals surface area contributed by atoms with E-state index in [9.17, 15) is 0 Å². The summed E-state index contributed by atoms with van der Waals surface area (Å²) in [5, 5.41) is 16.7. The van der Waals surface area contributed by atoms with Crippen molar-refractivity contribution in [1.82, 2.24) is 4.90 Å². The molecule has 0 saturated carbocycles. The summed E-state index contributed by atoms with van der Waals surface area (Å²) in [5.41, 5.74) is -0.153. The topological polar surface area (TPSA) is 47.3 Å². The van der Waals surface area contributed by atoms with Gasteiger partial charge in [0.2, 0.25) is 0 Å². The second-order valence-corrected chi connectivity index (χ2v) is 10.6. The molecule has 0 radical (unpaired) electrons. The lowest BCUT2D eigenvalue weighted by Gasteiger charge is -2.05. The Labute approximate surface area is 155 Å². The molecule has 3 nitrogen and oxygen atoms in total. The molecule has 0 aromatic heterocycles. The minimum atomic E-state index is -0.500. The van der Waals surface area contributed by atoms with Crippen LogP contribution in [0.5, 0.6) is 0 Å². The number of nitrogens with zero attached hydrogens (tertiary/aromatic N) is 2. The van der Waals surface area contributed by atoms with Gasteiger partial charge in [0.25, 0.3) is 0 Å². The first-order chi connectivity index (χ1) is 10.0. The molecular weight excluding hydrogens is 296 g/mol. The van der Waals surface area contributed by atoms with Crippen LogP contribution in [0.15, 0.2) is 0 Å². The lowest BCUT2D eigenvalue weighted by molar-refractivity contribution is 0.102. The first kappa shape index (κ1) is 34.7. The van der Waals surface area contributed by atoms with Gasteiger partial charge in [-0.05, 0) is 74.0 Å². The molecule has 0 saturated heterocycles. The van der Waals surface area contributed by atoms with E-state index in [0.717, 1.165) is 5.92 Å². The standard InChI is InChI=1S/C5H9N.C5H12.C4H10O.C4H10.C3H9N/c1-5(2,3)4-6;1-5(2,3)4;1-4(2,3)5;2*1-4(2)3/h1-3H3;1-4H3;5H,1-3H3;4H,1-3H3;1-3H3. The van der Waals surface area contributed by atoms with Gasteiger partial charge in [-0.3, -0.25) is 0 Å². The number of hydrogen-bond donors (Lipinski definition) is 1. The lowest BCUT2D eigenvalue weighted by Crippen LogP contribution is -2.10. The number of aliphatic hydroxyl groups is 1. The van der Waals surface area contributed by atoms with Crippen molar-refractivity contribution in [2.75, 3.05) is 21.1 Å². The average Bonchev–Trinajstić information content (AvgIpc) is 2.08. The molecule has 0 aliphatic rings. The van der Waals surface area contributed by atoms with E-state index in [4.69, 9.17) is 10.4 Å². The highest BCUT2D eigenvalue weighted by Gasteiger charge is 2.04. The summed E-state index contributed by atoms with van der Waals surface area (Å²) in [4.78, 5) is 2.00. The van der Waals surface area contributed by atoms with Gasteiger partial charge < -0.3 is 10.0 Å². The first-order valence-electron chi connectivity index (χ1n) is 8.77. The quantitative estimate of drug-likeness (QED) is 0.566. The summed E-state index contributed by atoms with van der Waals surface area (Å²) in [6, 6.07) is 2.10. The highest BCUT2D eigenvalue weighted by molar-refractivity contribution is 4.86. The van der Waals surface area contributed by atoms with Crippen molar-refractivity contribution < 1.29 is 5.11 Å². The third-order valence-electron chi connectivity index (χ3n) is 0.335. The second kappa shape index (κ2) is 17.2. The Morgan fingerprint density at radius 2 is 0.792 bits per heavy atom. The van der Waals surface area contributed by atoms with Crippen molar-refractivity contribution in [2.24, 2.45) is 16.7 Å². The number of rotatable bonds is 0. The van der Waals surface area contributed by atoms with Crippen LogP contribution in [0.3, 0.4) is 0 Å². The molecule has 0 bridgehead atoms. The Hall–Kier alpha value is -0.590. The van der Waals surface area contributed by atoms with Gasteiger partial charge >= 0.3 is 0 Å². The molecule has 150 valence electrons. The molecule has 0 heterocycles. The van der Waals surface area contributed by atoms with E-state index in [1.165, 1.54) is 0 Å². The van der Waals surface area contributed by atoms with Crippen LogP contribution in [0.4, 0.5) is 0 Å². The maximum Gasteiger partial charge on any atom is 0.0680 e. The Kier molecular flexibility index (Phi) is 24.9. The predicted molar refractivity (Wildman–Crippen MR) is 112 cm³/mol.